The standard InChI is InChI=1S/C24H24F2N6O3S/c1-2-13-36(34,35)32-18-8-7-17(25)19(20(18)26)21(33)24-30-22(16-9-12-29-23(16)31-24)28-11-4-6-15-5-3-10-27-14-15/h3,5,7-10,12,14,32H,2,4,6,11,13H2,1H3,(H2,28,29,30,31). The van der Waals surface area contributed by atoms with Crippen LogP contribution in [0.4, 0.5) is 20.3 Å². The van der Waals surface area contributed by atoms with Crippen molar-refractivity contribution >= 4 is 38.3 Å². The first kappa shape index (κ1) is 25.2. The third kappa shape index (κ3) is 5.65. The molecule has 0 spiro atoms. The Morgan fingerprint density at radius 3 is 2.72 bits per heavy atom. The van der Waals surface area contributed by atoms with Gasteiger partial charge in [-0.15, -0.1) is 0 Å². The highest BCUT2D eigenvalue weighted by atomic mass is 32.2. The van der Waals surface area contributed by atoms with Crippen molar-refractivity contribution in [2.75, 3.05) is 22.3 Å². The molecule has 36 heavy (non-hydrogen) atoms. The van der Waals surface area contributed by atoms with E-state index in [0.717, 1.165) is 30.5 Å². The molecular weight excluding hydrogens is 490 g/mol. The lowest BCUT2D eigenvalue weighted by Crippen LogP contribution is -2.19. The molecule has 12 heteroatoms. The number of hydrogen-bond donors (Lipinski definition) is 3. The lowest BCUT2D eigenvalue weighted by molar-refractivity contribution is 0.102. The van der Waals surface area contributed by atoms with Gasteiger partial charge in [-0.05, 0) is 49.1 Å². The molecule has 0 atom stereocenters. The van der Waals surface area contributed by atoms with Gasteiger partial charge in [0.2, 0.25) is 21.6 Å². The number of H-pyrrole nitrogens is 1. The number of hydrogen-bond acceptors (Lipinski definition) is 7. The minimum absolute atomic E-state index is 0.254. The van der Waals surface area contributed by atoms with Crippen LogP contribution in [-0.4, -0.2) is 46.4 Å². The molecule has 0 amide bonds. The van der Waals surface area contributed by atoms with Crippen molar-refractivity contribution in [3.05, 3.63) is 77.5 Å². The van der Waals surface area contributed by atoms with Crippen LogP contribution in [0.1, 0.15) is 41.5 Å². The Hall–Kier alpha value is -3.93. The van der Waals surface area contributed by atoms with Crippen molar-refractivity contribution in [1.29, 1.82) is 0 Å². The number of benzene rings is 1. The van der Waals surface area contributed by atoms with E-state index in [2.05, 4.69) is 30.0 Å². The number of halogens is 2. The number of fused-ring (bicyclic) bond motifs is 1. The predicted molar refractivity (Wildman–Crippen MR) is 132 cm³/mol. The van der Waals surface area contributed by atoms with Crippen LogP contribution in [0.15, 0.2) is 48.9 Å². The van der Waals surface area contributed by atoms with Gasteiger partial charge < -0.3 is 10.3 Å². The molecule has 3 N–H and O–H groups in total. The van der Waals surface area contributed by atoms with Crippen LogP contribution < -0.4 is 10.0 Å². The maximum absolute atomic E-state index is 15.1. The van der Waals surface area contributed by atoms with Crippen molar-refractivity contribution in [2.45, 2.75) is 26.2 Å². The van der Waals surface area contributed by atoms with Crippen LogP contribution in [0.3, 0.4) is 0 Å². The van der Waals surface area contributed by atoms with E-state index >= 15 is 4.39 Å². The molecule has 0 saturated carbocycles. The van der Waals surface area contributed by atoms with Gasteiger partial charge in [0.1, 0.15) is 17.3 Å². The first-order valence-electron chi connectivity index (χ1n) is 11.3. The van der Waals surface area contributed by atoms with Gasteiger partial charge >= 0.3 is 0 Å². The third-order valence-corrected chi connectivity index (χ3v) is 6.81. The zero-order valence-electron chi connectivity index (χ0n) is 19.4. The van der Waals surface area contributed by atoms with E-state index in [4.69, 9.17) is 0 Å². The Kier molecular flexibility index (Phi) is 7.53. The Morgan fingerprint density at radius 2 is 1.97 bits per heavy atom. The van der Waals surface area contributed by atoms with Crippen LogP contribution >= 0.6 is 0 Å². The van der Waals surface area contributed by atoms with Crippen molar-refractivity contribution in [2.24, 2.45) is 0 Å². The zero-order valence-corrected chi connectivity index (χ0v) is 20.2. The van der Waals surface area contributed by atoms with Gasteiger partial charge in [-0.3, -0.25) is 14.5 Å². The molecule has 3 heterocycles. The number of ketones is 1. The molecule has 0 saturated heterocycles. The Balaban J connectivity index is 1.60. The van der Waals surface area contributed by atoms with E-state index in [9.17, 15) is 17.6 Å². The number of rotatable bonds is 11. The molecule has 3 aromatic heterocycles. The highest BCUT2D eigenvalue weighted by Gasteiger charge is 2.26. The fraction of sp³-hybridized carbons (Fsp3) is 0.250. The van der Waals surface area contributed by atoms with Gasteiger partial charge in [-0.2, -0.15) is 0 Å². The van der Waals surface area contributed by atoms with Crippen LogP contribution in [0, 0.1) is 11.6 Å². The molecular formula is C24H24F2N6O3S. The van der Waals surface area contributed by atoms with E-state index in [1.807, 2.05) is 12.1 Å². The number of nitrogens with zero attached hydrogens (tertiary/aromatic N) is 3. The summed E-state index contributed by atoms with van der Waals surface area (Å²) in [6.45, 7) is 2.16. The number of pyridine rings is 1. The second kappa shape index (κ2) is 10.8. The summed E-state index contributed by atoms with van der Waals surface area (Å²) in [4.78, 5) is 28.5. The molecule has 0 bridgehead atoms. The van der Waals surface area contributed by atoms with Gasteiger partial charge in [-0.25, -0.2) is 27.2 Å². The average molecular weight is 515 g/mol. The Labute approximate surface area is 206 Å². The topological polar surface area (TPSA) is 130 Å². The third-order valence-electron chi connectivity index (χ3n) is 5.33. The maximum Gasteiger partial charge on any atom is 0.236 e. The molecule has 0 unspecified atom stereocenters. The number of nitrogens with one attached hydrogen (secondary N) is 3. The summed E-state index contributed by atoms with van der Waals surface area (Å²) >= 11 is 0. The lowest BCUT2D eigenvalue weighted by Gasteiger charge is -2.12. The second-order valence-corrected chi connectivity index (χ2v) is 9.90. The van der Waals surface area contributed by atoms with Crippen molar-refractivity contribution < 1.29 is 22.0 Å². The van der Waals surface area contributed by atoms with Gasteiger partial charge in [0.25, 0.3) is 0 Å². The molecule has 1 aromatic carbocycles. The summed E-state index contributed by atoms with van der Waals surface area (Å²) in [6, 6.07) is 7.30. The van der Waals surface area contributed by atoms with E-state index < -0.39 is 44.5 Å². The van der Waals surface area contributed by atoms with Gasteiger partial charge in [0.15, 0.2) is 5.82 Å². The number of carbonyl (C=O) groups is 1. The molecule has 9 nitrogen and oxygen atoms in total. The van der Waals surface area contributed by atoms with Crippen LogP contribution in [0.5, 0.6) is 0 Å². The van der Waals surface area contributed by atoms with Gasteiger partial charge in [0, 0.05) is 25.1 Å². The largest absolute Gasteiger partial charge is 0.369 e. The number of aromatic nitrogens is 4. The molecule has 0 aliphatic rings. The molecule has 4 rings (SSSR count). The number of sulfonamides is 1. The maximum atomic E-state index is 15.1. The van der Waals surface area contributed by atoms with Crippen molar-refractivity contribution in [3.8, 4) is 0 Å². The highest BCUT2D eigenvalue weighted by Crippen LogP contribution is 2.26. The molecule has 188 valence electrons. The minimum Gasteiger partial charge on any atom is -0.369 e. The quantitative estimate of drug-likeness (QED) is 0.203. The predicted octanol–water partition coefficient (Wildman–Crippen LogP) is 4.06. The highest BCUT2D eigenvalue weighted by molar-refractivity contribution is 7.92. The Morgan fingerprint density at radius 1 is 1.14 bits per heavy atom. The van der Waals surface area contributed by atoms with Gasteiger partial charge in [-0.1, -0.05) is 13.0 Å². The summed E-state index contributed by atoms with van der Waals surface area (Å²) in [5.41, 5.74) is -0.0863. The lowest BCUT2D eigenvalue weighted by atomic mass is 10.1. The average Bonchev–Trinajstić information content (AvgIpc) is 3.33. The summed E-state index contributed by atoms with van der Waals surface area (Å²) in [7, 11) is -3.86. The van der Waals surface area contributed by atoms with Crippen LogP contribution in [0.25, 0.3) is 11.0 Å². The summed E-state index contributed by atoms with van der Waals surface area (Å²) < 4.78 is 55.9. The first-order valence-corrected chi connectivity index (χ1v) is 13.0. The summed E-state index contributed by atoms with van der Waals surface area (Å²) in [6.07, 6.45) is 6.90. The van der Waals surface area contributed by atoms with E-state index in [1.54, 1.807) is 31.6 Å². The number of aryl methyl sites for hydroxylation is 1. The van der Waals surface area contributed by atoms with E-state index in [1.165, 1.54) is 0 Å². The normalized spacial score (nSPS) is 11.5. The molecule has 0 fully saturated rings. The van der Waals surface area contributed by atoms with Crippen molar-refractivity contribution in [3.63, 3.8) is 0 Å². The molecule has 0 aliphatic carbocycles. The molecule has 0 aliphatic heterocycles. The molecule has 4 aromatic rings. The summed E-state index contributed by atoms with van der Waals surface area (Å²) in [5, 5.41) is 3.76. The number of aromatic amines is 1. The fourth-order valence-corrected chi connectivity index (χ4v) is 4.79. The second-order valence-electron chi connectivity index (χ2n) is 8.06. The van der Waals surface area contributed by atoms with Crippen LogP contribution in [0.2, 0.25) is 0 Å². The first-order chi connectivity index (χ1) is 17.3. The number of carbonyl (C=O) groups excluding carboxylic acids is 1. The SMILES string of the molecule is CCCS(=O)(=O)Nc1ccc(F)c(C(=O)c2nc(NCCCc3cccnc3)c3cc[nH]c3n2)c1F. The Bertz CT molecular complexity index is 1490. The number of anilines is 2. The van der Waals surface area contributed by atoms with Crippen molar-refractivity contribution in [1.82, 2.24) is 19.9 Å². The van der Waals surface area contributed by atoms with Gasteiger partial charge in [0.05, 0.1) is 22.4 Å². The fourth-order valence-electron chi connectivity index (χ4n) is 3.66. The van der Waals surface area contributed by atoms with E-state index in [0.29, 0.717) is 29.8 Å². The smallest absolute Gasteiger partial charge is 0.236 e. The van der Waals surface area contributed by atoms with E-state index in [-0.39, 0.29) is 5.75 Å². The van der Waals surface area contributed by atoms with Crippen LogP contribution in [-0.2, 0) is 16.4 Å². The summed E-state index contributed by atoms with van der Waals surface area (Å²) in [5.74, 6) is -3.97. The molecule has 0 radical (unpaired) electrons. The zero-order chi connectivity index (χ0) is 25.7. The minimum atomic E-state index is -3.86. The monoisotopic (exact) mass is 514 g/mol.